The number of carbonyl (C=O) groups excluding carboxylic acids is 2. The van der Waals surface area contributed by atoms with E-state index in [-0.39, 0.29) is 18.2 Å². The van der Waals surface area contributed by atoms with Crippen molar-refractivity contribution in [1.82, 2.24) is 10.2 Å². The van der Waals surface area contributed by atoms with Gasteiger partial charge < -0.3 is 10.2 Å². The van der Waals surface area contributed by atoms with Crippen LogP contribution in [0.4, 0.5) is 10.8 Å². The molecule has 26 heavy (non-hydrogen) atoms. The third kappa shape index (κ3) is 4.22. The van der Waals surface area contributed by atoms with Crippen LogP contribution >= 0.6 is 22.9 Å². The summed E-state index contributed by atoms with van der Waals surface area (Å²) >= 11 is 7.54. The van der Waals surface area contributed by atoms with Gasteiger partial charge in [0.25, 0.3) is 0 Å². The van der Waals surface area contributed by atoms with Gasteiger partial charge in [-0.25, -0.2) is 0 Å². The van der Waals surface area contributed by atoms with E-state index in [1.165, 1.54) is 11.3 Å². The van der Waals surface area contributed by atoms with Crippen LogP contribution in [-0.2, 0) is 16.0 Å². The first-order valence-electron chi connectivity index (χ1n) is 8.67. The lowest BCUT2D eigenvalue weighted by Crippen LogP contribution is -2.28. The Labute approximate surface area is 161 Å². The van der Waals surface area contributed by atoms with Crippen LogP contribution in [0.15, 0.2) is 18.2 Å². The van der Waals surface area contributed by atoms with Crippen LogP contribution in [-0.4, -0.2) is 28.6 Å². The summed E-state index contributed by atoms with van der Waals surface area (Å²) in [5.74, 6) is -0.686. The van der Waals surface area contributed by atoms with Crippen LogP contribution in [0.5, 0.6) is 0 Å². The summed E-state index contributed by atoms with van der Waals surface area (Å²) in [5.41, 5.74) is 1.67. The Balaban J connectivity index is 1.63. The van der Waals surface area contributed by atoms with Crippen LogP contribution in [0.25, 0.3) is 0 Å². The molecule has 1 fully saturated rings. The number of aromatic nitrogens is 2. The molecule has 0 bridgehead atoms. The summed E-state index contributed by atoms with van der Waals surface area (Å²) < 4.78 is 0. The molecule has 8 heteroatoms. The van der Waals surface area contributed by atoms with Crippen molar-refractivity contribution >= 4 is 45.6 Å². The smallest absolute Gasteiger partial charge is 0.231 e. The predicted molar refractivity (Wildman–Crippen MR) is 104 cm³/mol. The zero-order valence-electron chi connectivity index (χ0n) is 14.8. The molecular weight excluding hydrogens is 372 g/mol. The normalized spacial score (nSPS) is 17.0. The van der Waals surface area contributed by atoms with Crippen LogP contribution in [0.1, 0.15) is 36.8 Å². The van der Waals surface area contributed by atoms with Crippen molar-refractivity contribution in [2.75, 3.05) is 16.8 Å². The Kier molecular flexibility index (Phi) is 5.88. The van der Waals surface area contributed by atoms with Crippen molar-refractivity contribution in [3.05, 3.63) is 33.8 Å². The first-order chi connectivity index (χ1) is 12.5. The molecule has 1 atom stereocenters. The minimum absolute atomic E-state index is 0.0778. The highest BCUT2D eigenvalue weighted by Crippen LogP contribution is 2.29. The Morgan fingerprint density at radius 1 is 1.42 bits per heavy atom. The Bertz CT molecular complexity index is 823. The molecule has 138 valence electrons. The maximum Gasteiger partial charge on any atom is 0.231 e. The maximum atomic E-state index is 12.5. The Morgan fingerprint density at radius 2 is 2.23 bits per heavy atom. The lowest BCUT2D eigenvalue weighted by molar-refractivity contribution is -0.122. The molecule has 0 spiro atoms. The molecular formula is C18H21ClN4O2S. The van der Waals surface area contributed by atoms with Gasteiger partial charge in [-0.05, 0) is 31.0 Å². The largest absolute Gasteiger partial charge is 0.312 e. The summed E-state index contributed by atoms with van der Waals surface area (Å²) in [6, 6.07) is 5.49. The highest BCUT2D eigenvalue weighted by atomic mass is 35.5. The van der Waals surface area contributed by atoms with Crippen LogP contribution in [0, 0.1) is 12.8 Å². The molecule has 1 aliphatic heterocycles. The number of hydrogen-bond acceptors (Lipinski definition) is 5. The van der Waals surface area contributed by atoms with E-state index in [4.69, 9.17) is 11.6 Å². The second-order valence-corrected chi connectivity index (χ2v) is 7.90. The molecule has 2 amide bonds. The molecule has 6 nitrogen and oxygen atoms in total. The second kappa shape index (κ2) is 8.14. The molecule has 1 aromatic carbocycles. The fraction of sp³-hybridized carbons (Fsp3) is 0.444. The number of amides is 2. The summed E-state index contributed by atoms with van der Waals surface area (Å²) in [7, 11) is 0. The van der Waals surface area contributed by atoms with E-state index in [9.17, 15) is 9.59 Å². The van der Waals surface area contributed by atoms with Gasteiger partial charge in [0.05, 0.1) is 5.92 Å². The maximum absolute atomic E-state index is 12.5. The zero-order valence-corrected chi connectivity index (χ0v) is 16.4. The quantitative estimate of drug-likeness (QED) is 0.810. The van der Waals surface area contributed by atoms with Crippen molar-refractivity contribution in [3.63, 3.8) is 0 Å². The first-order valence-corrected chi connectivity index (χ1v) is 9.87. The van der Waals surface area contributed by atoms with Gasteiger partial charge in [0, 0.05) is 30.1 Å². The highest BCUT2D eigenvalue weighted by molar-refractivity contribution is 7.15. The molecule has 0 saturated carbocycles. The number of anilines is 2. The molecule has 3 rings (SSSR count). The van der Waals surface area contributed by atoms with E-state index in [1.54, 1.807) is 11.0 Å². The molecule has 0 aliphatic carbocycles. The second-order valence-electron chi connectivity index (χ2n) is 6.43. The average molecular weight is 393 g/mol. The van der Waals surface area contributed by atoms with Gasteiger partial charge in [0.15, 0.2) is 0 Å². The average Bonchev–Trinajstić information content (AvgIpc) is 3.22. The van der Waals surface area contributed by atoms with Gasteiger partial charge in [-0.2, -0.15) is 0 Å². The first kappa shape index (κ1) is 18.8. The molecule has 1 saturated heterocycles. The molecule has 1 aliphatic rings. The SMILES string of the molecule is CCCCc1nnc(NC(=O)C2CC(=O)N(c3ccc(C)c(Cl)c3)C2)s1. The number of aryl methyl sites for hydroxylation is 2. The Morgan fingerprint density at radius 3 is 2.96 bits per heavy atom. The standard InChI is InChI=1S/C18H21ClN4O2S/c1-3-4-5-15-21-22-18(26-15)20-17(25)12-8-16(24)23(10-12)13-7-6-11(2)14(19)9-13/h6-7,9,12H,3-5,8,10H2,1-2H3,(H,20,22,25). The number of rotatable bonds is 6. The highest BCUT2D eigenvalue weighted by Gasteiger charge is 2.35. The van der Waals surface area contributed by atoms with E-state index >= 15 is 0 Å². The lowest BCUT2D eigenvalue weighted by Gasteiger charge is -2.17. The van der Waals surface area contributed by atoms with Gasteiger partial charge in [-0.1, -0.05) is 42.3 Å². The van der Waals surface area contributed by atoms with Gasteiger partial charge in [-0.15, -0.1) is 10.2 Å². The third-order valence-corrected chi connectivity index (χ3v) is 5.71. The van der Waals surface area contributed by atoms with E-state index in [1.807, 2.05) is 19.1 Å². The van der Waals surface area contributed by atoms with E-state index in [0.29, 0.717) is 16.7 Å². The number of unbranched alkanes of at least 4 members (excludes halogenated alkanes) is 1. The zero-order chi connectivity index (χ0) is 18.7. The van der Waals surface area contributed by atoms with Gasteiger partial charge >= 0.3 is 0 Å². The summed E-state index contributed by atoms with van der Waals surface area (Å²) in [6.45, 7) is 4.37. The number of halogens is 1. The van der Waals surface area contributed by atoms with E-state index in [2.05, 4.69) is 22.4 Å². The Hall–Kier alpha value is -1.99. The fourth-order valence-electron chi connectivity index (χ4n) is 2.82. The number of benzene rings is 1. The predicted octanol–water partition coefficient (Wildman–Crippen LogP) is 3.83. The van der Waals surface area contributed by atoms with Gasteiger partial charge in [0.2, 0.25) is 16.9 Å². The third-order valence-electron chi connectivity index (χ3n) is 4.40. The van der Waals surface area contributed by atoms with Crippen LogP contribution < -0.4 is 10.2 Å². The number of nitrogens with zero attached hydrogens (tertiary/aromatic N) is 3. The molecule has 1 aromatic heterocycles. The minimum Gasteiger partial charge on any atom is -0.312 e. The van der Waals surface area contributed by atoms with Gasteiger partial charge in [0.1, 0.15) is 5.01 Å². The molecule has 2 aromatic rings. The molecule has 1 unspecified atom stereocenters. The summed E-state index contributed by atoms with van der Waals surface area (Å²) in [6.07, 6.45) is 3.19. The van der Waals surface area contributed by atoms with Crippen molar-refractivity contribution in [2.24, 2.45) is 5.92 Å². The van der Waals surface area contributed by atoms with E-state index < -0.39 is 5.92 Å². The van der Waals surface area contributed by atoms with Crippen molar-refractivity contribution in [3.8, 4) is 0 Å². The van der Waals surface area contributed by atoms with Gasteiger partial charge in [-0.3, -0.25) is 9.59 Å². The molecule has 2 heterocycles. The summed E-state index contributed by atoms with van der Waals surface area (Å²) in [4.78, 5) is 26.5. The number of hydrogen-bond donors (Lipinski definition) is 1. The van der Waals surface area contributed by atoms with Crippen molar-refractivity contribution in [1.29, 1.82) is 0 Å². The molecule has 1 N–H and O–H groups in total. The van der Waals surface area contributed by atoms with Crippen molar-refractivity contribution < 1.29 is 9.59 Å². The van der Waals surface area contributed by atoms with Crippen LogP contribution in [0.2, 0.25) is 5.02 Å². The topological polar surface area (TPSA) is 75.2 Å². The van der Waals surface area contributed by atoms with E-state index in [0.717, 1.165) is 35.5 Å². The number of nitrogens with one attached hydrogen (secondary N) is 1. The van der Waals surface area contributed by atoms with Crippen LogP contribution in [0.3, 0.4) is 0 Å². The fourth-order valence-corrected chi connectivity index (χ4v) is 3.78. The number of carbonyl (C=O) groups is 2. The van der Waals surface area contributed by atoms with Crippen molar-refractivity contribution in [2.45, 2.75) is 39.5 Å². The monoisotopic (exact) mass is 392 g/mol. The lowest BCUT2D eigenvalue weighted by atomic mass is 10.1. The molecule has 0 radical (unpaired) electrons. The summed E-state index contributed by atoms with van der Waals surface area (Å²) in [5, 5.41) is 12.9. The minimum atomic E-state index is -0.412.